The average Bonchev–Trinajstić information content (AvgIpc) is 2.70. The first-order valence-corrected chi connectivity index (χ1v) is 7.05. The molecule has 0 unspecified atom stereocenters. The summed E-state index contributed by atoms with van der Waals surface area (Å²) in [5.74, 6) is 1.29. The van der Waals surface area contributed by atoms with Crippen molar-refractivity contribution in [2.45, 2.75) is 27.2 Å². The van der Waals surface area contributed by atoms with E-state index in [0.29, 0.717) is 34.5 Å². The Morgan fingerprint density at radius 1 is 1.42 bits per heavy atom. The Balaban J connectivity index is 1.88. The molecule has 3 rings (SSSR count). The number of rotatable bonds is 2. The summed E-state index contributed by atoms with van der Waals surface area (Å²) in [5.41, 5.74) is 3.20. The number of anilines is 1. The molecular formula is C16H18ClNO. The van der Waals surface area contributed by atoms with Crippen molar-refractivity contribution in [2.24, 2.45) is 17.3 Å². The van der Waals surface area contributed by atoms with Crippen LogP contribution in [0.1, 0.15) is 27.2 Å². The molecule has 19 heavy (non-hydrogen) atoms. The second-order valence-electron chi connectivity index (χ2n) is 6.21. The van der Waals surface area contributed by atoms with Crippen molar-refractivity contribution in [2.75, 3.05) is 5.32 Å². The van der Waals surface area contributed by atoms with Gasteiger partial charge in [0.15, 0.2) is 5.78 Å². The van der Waals surface area contributed by atoms with Crippen LogP contribution in [0.3, 0.4) is 0 Å². The van der Waals surface area contributed by atoms with Gasteiger partial charge >= 0.3 is 0 Å². The van der Waals surface area contributed by atoms with E-state index < -0.39 is 0 Å². The largest absolute Gasteiger partial charge is 0.359 e. The van der Waals surface area contributed by atoms with E-state index in [1.807, 2.05) is 31.2 Å². The Morgan fingerprint density at radius 3 is 2.79 bits per heavy atom. The smallest absolute Gasteiger partial charge is 0.161 e. The topological polar surface area (TPSA) is 29.1 Å². The van der Waals surface area contributed by atoms with Crippen LogP contribution in [0.5, 0.6) is 0 Å². The van der Waals surface area contributed by atoms with Crippen LogP contribution in [-0.4, -0.2) is 5.78 Å². The van der Waals surface area contributed by atoms with Crippen LogP contribution in [0, 0.1) is 17.3 Å². The number of fused-ring (bicyclic) bond motifs is 1. The molecule has 2 saturated carbocycles. The van der Waals surface area contributed by atoms with Gasteiger partial charge in [-0.1, -0.05) is 31.5 Å². The van der Waals surface area contributed by atoms with E-state index in [1.54, 1.807) is 0 Å². The van der Waals surface area contributed by atoms with E-state index in [4.69, 9.17) is 11.6 Å². The zero-order chi connectivity index (χ0) is 13.8. The molecule has 1 N–H and O–H groups in total. The maximum Gasteiger partial charge on any atom is 0.161 e. The fourth-order valence-corrected chi connectivity index (χ4v) is 3.66. The molecule has 1 aromatic rings. The molecule has 0 radical (unpaired) electrons. The maximum atomic E-state index is 12.1. The summed E-state index contributed by atoms with van der Waals surface area (Å²) < 4.78 is 0. The fourth-order valence-electron chi connectivity index (χ4n) is 3.47. The highest BCUT2D eigenvalue weighted by Crippen LogP contribution is 2.68. The summed E-state index contributed by atoms with van der Waals surface area (Å²) in [6, 6.07) is 7.59. The third-order valence-corrected chi connectivity index (χ3v) is 4.86. The Morgan fingerprint density at radius 2 is 2.16 bits per heavy atom. The molecule has 3 heteroatoms. The maximum absolute atomic E-state index is 12.1. The molecule has 0 aliphatic heterocycles. The van der Waals surface area contributed by atoms with Gasteiger partial charge in [0.1, 0.15) is 0 Å². The first kappa shape index (κ1) is 12.7. The van der Waals surface area contributed by atoms with Crippen LogP contribution >= 0.6 is 11.6 Å². The van der Waals surface area contributed by atoms with Crippen molar-refractivity contribution in [3.8, 4) is 0 Å². The second kappa shape index (κ2) is 4.11. The highest BCUT2D eigenvalue weighted by molar-refractivity contribution is 6.30. The van der Waals surface area contributed by atoms with Crippen LogP contribution < -0.4 is 5.32 Å². The third kappa shape index (κ3) is 1.99. The molecule has 0 saturated heterocycles. The second-order valence-corrected chi connectivity index (χ2v) is 6.64. The van der Waals surface area contributed by atoms with Crippen LogP contribution in [0.2, 0.25) is 5.02 Å². The lowest BCUT2D eigenvalue weighted by Crippen LogP contribution is -2.12. The fraction of sp³-hybridized carbons (Fsp3) is 0.438. The van der Waals surface area contributed by atoms with Crippen LogP contribution in [0.15, 0.2) is 35.5 Å². The van der Waals surface area contributed by atoms with Gasteiger partial charge in [-0.2, -0.15) is 0 Å². The minimum Gasteiger partial charge on any atom is -0.359 e. The molecule has 0 bridgehead atoms. The minimum atomic E-state index is 0.292. The number of hydrogen-bond acceptors (Lipinski definition) is 2. The first-order chi connectivity index (χ1) is 8.91. The van der Waals surface area contributed by atoms with Crippen LogP contribution in [0.4, 0.5) is 5.69 Å². The normalized spacial score (nSPS) is 30.0. The molecule has 2 nitrogen and oxygen atoms in total. The number of halogens is 1. The van der Waals surface area contributed by atoms with E-state index >= 15 is 0 Å². The average molecular weight is 276 g/mol. The summed E-state index contributed by atoms with van der Waals surface area (Å²) >= 11 is 5.98. The number of carbonyl (C=O) groups excluding carboxylic acids is 1. The number of carbonyl (C=O) groups is 1. The summed E-state index contributed by atoms with van der Waals surface area (Å²) in [6.07, 6.45) is 0.710. The minimum absolute atomic E-state index is 0.292. The van der Waals surface area contributed by atoms with Gasteiger partial charge in [0.05, 0.1) is 0 Å². The monoisotopic (exact) mass is 275 g/mol. The summed E-state index contributed by atoms with van der Waals surface area (Å²) in [6.45, 7) is 6.49. The lowest BCUT2D eigenvalue weighted by molar-refractivity contribution is -0.115. The van der Waals surface area contributed by atoms with E-state index in [9.17, 15) is 4.79 Å². The molecule has 0 spiro atoms. The summed E-state index contributed by atoms with van der Waals surface area (Å²) in [7, 11) is 0. The third-order valence-electron chi connectivity index (χ3n) is 4.63. The van der Waals surface area contributed by atoms with Crippen molar-refractivity contribution in [3.63, 3.8) is 0 Å². The van der Waals surface area contributed by atoms with E-state index in [1.165, 1.54) is 0 Å². The molecule has 2 fully saturated rings. The van der Waals surface area contributed by atoms with E-state index in [2.05, 4.69) is 19.2 Å². The molecule has 2 atom stereocenters. The van der Waals surface area contributed by atoms with E-state index in [0.717, 1.165) is 17.0 Å². The quantitative estimate of drug-likeness (QED) is 0.817. The van der Waals surface area contributed by atoms with E-state index in [-0.39, 0.29) is 0 Å². The van der Waals surface area contributed by atoms with Crippen molar-refractivity contribution in [1.29, 1.82) is 0 Å². The summed E-state index contributed by atoms with van der Waals surface area (Å²) in [5, 5.41) is 4.02. The van der Waals surface area contributed by atoms with Gasteiger partial charge in [-0.05, 0) is 42.4 Å². The number of Topliss-reactive ketones (excluding diaryl/α,β-unsaturated/α-hetero) is 1. The zero-order valence-corrected chi connectivity index (χ0v) is 12.2. The number of allylic oxidation sites excluding steroid dienone is 2. The predicted molar refractivity (Wildman–Crippen MR) is 78.2 cm³/mol. The predicted octanol–water partition coefficient (Wildman–Crippen LogP) is 4.27. The van der Waals surface area contributed by atoms with Gasteiger partial charge in [0.2, 0.25) is 0 Å². The van der Waals surface area contributed by atoms with Gasteiger partial charge < -0.3 is 5.32 Å². The van der Waals surface area contributed by atoms with Gasteiger partial charge in [0, 0.05) is 28.4 Å². The molecular weight excluding hydrogens is 258 g/mol. The van der Waals surface area contributed by atoms with Crippen molar-refractivity contribution in [1.82, 2.24) is 0 Å². The molecule has 2 aliphatic rings. The number of hydrogen-bond donors (Lipinski definition) is 1. The number of nitrogens with one attached hydrogen (secondary N) is 1. The van der Waals surface area contributed by atoms with Gasteiger partial charge in [-0.25, -0.2) is 0 Å². The Labute approximate surface area is 118 Å². The van der Waals surface area contributed by atoms with Crippen molar-refractivity contribution >= 4 is 23.1 Å². The lowest BCUT2D eigenvalue weighted by Gasteiger charge is -2.14. The summed E-state index contributed by atoms with van der Waals surface area (Å²) in [4.78, 5) is 12.1. The molecule has 1 aromatic carbocycles. The van der Waals surface area contributed by atoms with Crippen LogP contribution in [-0.2, 0) is 4.79 Å². The first-order valence-electron chi connectivity index (χ1n) is 6.68. The number of benzene rings is 1. The van der Waals surface area contributed by atoms with Crippen LogP contribution in [0.25, 0.3) is 0 Å². The Bertz CT molecular complexity index is 588. The lowest BCUT2D eigenvalue weighted by atomic mass is 9.95. The Hall–Kier alpha value is -1.28. The number of ketones is 1. The molecule has 100 valence electrons. The molecule has 0 heterocycles. The standard InChI is InChI=1S/C16H18ClNO/c1-9(18-11-6-4-5-10(17)7-11)14-13(19)8-12-15(14)16(12,2)3/h4-7,12,15,18H,8H2,1-3H3/b14-9+/t12-,15-/m0/s1. The SMILES string of the molecule is C/C(Nc1cccc(Cl)c1)=C1/C(=O)C[C@H]2[C@@H]1C2(C)C. The highest BCUT2D eigenvalue weighted by Gasteiger charge is 2.65. The molecule has 2 aliphatic carbocycles. The zero-order valence-electron chi connectivity index (χ0n) is 11.5. The van der Waals surface area contributed by atoms with Crippen molar-refractivity contribution in [3.05, 3.63) is 40.6 Å². The van der Waals surface area contributed by atoms with Gasteiger partial charge in [-0.3, -0.25) is 4.79 Å². The van der Waals surface area contributed by atoms with Gasteiger partial charge in [0.25, 0.3) is 0 Å². The molecule has 0 amide bonds. The molecule has 0 aromatic heterocycles. The van der Waals surface area contributed by atoms with Crippen molar-refractivity contribution < 1.29 is 4.79 Å². The highest BCUT2D eigenvalue weighted by atomic mass is 35.5. The Kier molecular flexibility index (Phi) is 2.75. The van der Waals surface area contributed by atoms with Gasteiger partial charge in [-0.15, -0.1) is 0 Å².